The minimum atomic E-state index is 0.254. The third-order valence-electron chi connectivity index (χ3n) is 3.74. The summed E-state index contributed by atoms with van der Waals surface area (Å²) in [5.41, 5.74) is 4.57. The lowest BCUT2D eigenvalue weighted by atomic mass is 9.84. The van der Waals surface area contributed by atoms with Crippen molar-refractivity contribution in [2.24, 2.45) is 0 Å². The SMILES string of the molecule is Cc1cc(N2CCCCC2)ccc1C(C)(C)C. The van der Waals surface area contributed by atoms with Crippen LogP contribution in [0.5, 0.6) is 0 Å². The van der Waals surface area contributed by atoms with E-state index in [1.165, 1.54) is 49.2 Å². The Labute approximate surface area is 106 Å². The second kappa shape index (κ2) is 4.72. The molecule has 0 bridgehead atoms. The van der Waals surface area contributed by atoms with Gasteiger partial charge < -0.3 is 4.90 Å². The topological polar surface area (TPSA) is 3.24 Å². The molecular formula is C16H25N. The smallest absolute Gasteiger partial charge is 0.0369 e. The van der Waals surface area contributed by atoms with E-state index < -0.39 is 0 Å². The molecular weight excluding hydrogens is 206 g/mol. The summed E-state index contributed by atoms with van der Waals surface area (Å²) in [7, 11) is 0. The first kappa shape index (κ1) is 12.5. The number of hydrogen-bond acceptors (Lipinski definition) is 1. The zero-order valence-corrected chi connectivity index (χ0v) is 11.7. The third kappa shape index (κ3) is 2.83. The molecule has 2 rings (SSSR count). The number of hydrogen-bond donors (Lipinski definition) is 0. The summed E-state index contributed by atoms with van der Waals surface area (Å²) in [6.45, 7) is 11.6. The number of aryl methyl sites for hydroxylation is 1. The van der Waals surface area contributed by atoms with E-state index in [9.17, 15) is 0 Å². The first-order valence-corrected chi connectivity index (χ1v) is 6.84. The zero-order valence-electron chi connectivity index (χ0n) is 11.7. The van der Waals surface area contributed by atoms with Crippen LogP contribution in [0.3, 0.4) is 0 Å². The van der Waals surface area contributed by atoms with Crippen LogP contribution in [-0.4, -0.2) is 13.1 Å². The number of anilines is 1. The Balaban J connectivity index is 2.24. The van der Waals surface area contributed by atoms with Crippen LogP contribution in [0.1, 0.15) is 51.2 Å². The van der Waals surface area contributed by atoms with Crippen LogP contribution in [0, 0.1) is 6.92 Å². The van der Waals surface area contributed by atoms with Gasteiger partial charge in [0.05, 0.1) is 0 Å². The lowest BCUT2D eigenvalue weighted by molar-refractivity contribution is 0.574. The molecule has 1 saturated heterocycles. The summed E-state index contributed by atoms with van der Waals surface area (Å²) >= 11 is 0. The summed E-state index contributed by atoms with van der Waals surface area (Å²) in [5, 5.41) is 0. The standard InChI is InChI=1S/C16H25N/c1-13-12-14(17-10-6-5-7-11-17)8-9-15(13)16(2,3)4/h8-9,12H,5-7,10-11H2,1-4H3. The lowest BCUT2D eigenvalue weighted by Crippen LogP contribution is -2.29. The van der Waals surface area contributed by atoms with E-state index in [2.05, 4.69) is 50.8 Å². The summed E-state index contributed by atoms with van der Waals surface area (Å²) in [4.78, 5) is 2.53. The molecule has 0 aromatic heterocycles. The fourth-order valence-electron chi connectivity index (χ4n) is 2.84. The highest BCUT2D eigenvalue weighted by molar-refractivity contribution is 5.52. The monoisotopic (exact) mass is 231 g/mol. The molecule has 0 unspecified atom stereocenters. The molecule has 0 aliphatic carbocycles. The van der Waals surface area contributed by atoms with Crippen LogP contribution in [0.4, 0.5) is 5.69 Å². The lowest BCUT2D eigenvalue weighted by Gasteiger charge is -2.30. The average molecular weight is 231 g/mol. The highest BCUT2D eigenvalue weighted by Gasteiger charge is 2.17. The van der Waals surface area contributed by atoms with Gasteiger partial charge >= 0.3 is 0 Å². The fraction of sp³-hybridized carbons (Fsp3) is 0.625. The van der Waals surface area contributed by atoms with Crippen molar-refractivity contribution in [2.45, 2.75) is 52.4 Å². The Morgan fingerprint density at radius 1 is 1.00 bits per heavy atom. The van der Waals surface area contributed by atoms with E-state index in [1.807, 2.05) is 0 Å². The highest BCUT2D eigenvalue weighted by atomic mass is 15.1. The maximum Gasteiger partial charge on any atom is 0.0369 e. The van der Waals surface area contributed by atoms with E-state index in [1.54, 1.807) is 0 Å². The molecule has 1 aliphatic rings. The maximum atomic E-state index is 2.53. The molecule has 1 aliphatic heterocycles. The second-order valence-electron chi connectivity index (χ2n) is 6.30. The van der Waals surface area contributed by atoms with Crippen molar-refractivity contribution in [3.8, 4) is 0 Å². The van der Waals surface area contributed by atoms with Crippen LogP contribution in [0.2, 0.25) is 0 Å². The number of piperidine rings is 1. The first-order valence-electron chi connectivity index (χ1n) is 6.84. The minimum Gasteiger partial charge on any atom is -0.372 e. The van der Waals surface area contributed by atoms with Gasteiger partial charge in [0.2, 0.25) is 0 Å². The van der Waals surface area contributed by atoms with Crippen LogP contribution < -0.4 is 4.90 Å². The van der Waals surface area contributed by atoms with Gasteiger partial charge in [-0.25, -0.2) is 0 Å². The van der Waals surface area contributed by atoms with Crippen molar-refractivity contribution in [3.63, 3.8) is 0 Å². The Kier molecular flexibility index (Phi) is 3.46. The van der Waals surface area contributed by atoms with Gasteiger partial charge in [0.25, 0.3) is 0 Å². The number of rotatable bonds is 1. The molecule has 0 amide bonds. The summed E-state index contributed by atoms with van der Waals surface area (Å²) in [5.74, 6) is 0. The van der Waals surface area contributed by atoms with Gasteiger partial charge in [-0.3, -0.25) is 0 Å². The van der Waals surface area contributed by atoms with Crippen molar-refractivity contribution in [1.29, 1.82) is 0 Å². The quantitative estimate of drug-likeness (QED) is 0.697. The van der Waals surface area contributed by atoms with Crippen molar-refractivity contribution >= 4 is 5.69 Å². The predicted molar refractivity (Wildman–Crippen MR) is 75.9 cm³/mol. The largest absolute Gasteiger partial charge is 0.372 e. The molecule has 17 heavy (non-hydrogen) atoms. The second-order valence-corrected chi connectivity index (χ2v) is 6.30. The van der Waals surface area contributed by atoms with E-state index in [4.69, 9.17) is 0 Å². The summed E-state index contributed by atoms with van der Waals surface area (Å²) in [6, 6.07) is 6.99. The van der Waals surface area contributed by atoms with Gasteiger partial charge in [0, 0.05) is 18.8 Å². The van der Waals surface area contributed by atoms with Crippen LogP contribution in [-0.2, 0) is 5.41 Å². The molecule has 1 heteroatoms. The molecule has 0 N–H and O–H groups in total. The maximum absolute atomic E-state index is 2.53. The molecule has 1 fully saturated rings. The molecule has 1 aromatic carbocycles. The van der Waals surface area contributed by atoms with Crippen LogP contribution in [0.15, 0.2) is 18.2 Å². The van der Waals surface area contributed by atoms with Crippen molar-refractivity contribution in [2.75, 3.05) is 18.0 Å². The molecule has 94 valence electrons. The van der Waals surface area contributed by atoms with E-state index in [0.29, 0.717) is 0 Å². The normalized spacial score (nSPS) is 17.3. The van der Waals surface area contributed by atoms with Gasteiger partial charge in [0.1, 0.15) is 0 Å². The van der Waals surface area contributed by atoms with Crippen molar-refractivity contribution in [3.05, 3.63) is 29.3 Å². The Hall–Kier alpha value is -0.980. The molecule has 1 nitrogen and oxygen atoms in total. The molecule has 0 radical (unpaired) electrons. The van der Waals surface area contributed by atoms with Gasteiger partial charge in [-0.2, -0.15) is 0 Å². The minimum absolute atomic E-state index is 0.254. The predicted octanol–water partition coefficient (Wildman–Crippen LogP) is 4.28. The third-order valence-corrected chi connectivity index (χ3v) is 3.74. The van der Waals surface area contributed by atoms with E-state index >= 15 is 0 Å². The Morgan fingerprint density at radius 2 is 1.65 bits per heavy atom. The first-order chi connectivity index (χ1) is 7.98. The summed E-state index contributed by atoms with van der Waals surface area (Å²) < 4.78 is 0. The summed E-state index contributed by atoms with van der Waals surface area (Å²) in [6.07, 6.45) is 4.09. The van der Waals surface area contributed by atoms with Gasteiger partial charge in [-0.15, -0.1) is 0 Å². The van der Waals surface area contributed by atoms with Crippen molar-refractivity contribution in [1.82, 2.24) is 0 Å². The van der Waals surface area contributed by atoms with E-state index in [-0.39, 0.29) is 5.41 Å². The van der Waals surface area contributed by atoms with Crippen LogP contribution >= 0.6 is 0 Å². The molecule has 0 spiro atoms. The van der Waals surface area contributed by atoms with Gasteiger partial charge in [-0.1, -0.05) is 26.8 Å². The Bertz CT molecular complexity index is 381. The number of benzene rings is 1. The highest BCUT2D eigenvalue weighted by Crippen LogP contribution is 2.29. The zero-order chi connectivity index (χ0) is 12.5. The molecule has 0 atom stereocenters. The van der Waals surface area contributed by atoms with Gasteiger partial charge in [-0.05, 0) is 54.9 Å². The number of nitrogens with zero attached hydrogens (tertiary/aromatic N) is 1. The van der Waals surface area contributed by atoms with Crippen molar-refractivity contribution < 1.29 is 0 Å². The van der Waals surface area contributed by atoms with E-state index in [0.717, 1.165) is 0 Å². The van der Waals surface area contributed by atoms with Crippen LogP contribution in [0.25, 0.3) is 0 Å². The Morgan fingerprint density at radius 3 is 2.18 bits per heavy atom. The molecule has 1 aromatic rings. The average Bonchev–Trinajstić information content (AvgIpc) is 2.28. The van der Waals surface area contributed by atoms with Gasteiger partial charge in [0.15, 0.2) is 0 Å². The molecule has 1 heterocycles. The fourth-order valence-corrected chi connectivity index (χ4v) is 2.84. The molecule has 0 saturated carbocycles.